The van der Waals surface area contributed by atoms with Gasteiger partial charge in [0.25, 0.3) is 0 Å². The number of carbonyl (C=O) groups excluding carboxylic acids is 1. The number of rotatable bonds is 4. The lowest BCUT2D eigenvalue weighted by Crippen LogP contribution is -2.47. The van der Waals surface area contributed by atoms with E-state index in [4.69, 9.17) is 4.74 Å². The van der Waals surface area contributed by atoms with Gasteiger partial charge < -0.3 is 15.4 Å². The molecular formula is C13H18N2O2. The van der Waals surface area contributed by atoms with E-state index in [9.17, 15) is 4.79 Å². The van der Waals surface area contributed by atoms with Crippen LogP contribution in [0.3, 0.4) is 0 Å². The molecule has 1 aliphatic rings. The maximum Gasteiger partial charge on any atom is 0.241 e. The van der Waals surface area contributed by atoms with Crippen molar-refractivity contribution >= 4 is 5.91 Å². The maximum absolute atomic E-state index is 11.7. The number of hydrogen-bond acceptors (Lipinski definition) is 3. The molecule has 1 amide bonds. The average Bonchev–Trinajstić information content (AvgIpc) is 2.37. The first kappa shape index (κ1) is 11.9. The Hall–Kier alpha value is -1.55. The van der Waals surface area contributed by atoms with Crippen LogP contribution in [0.25, 0.3) is 0 Å². The van der Waals surface area contributed by atoms with E-state index in [-0.39, 0.29) is 11.9 Å². The summed E-state index contributed by atoms with van der Waals surface area (Å²) in [5.74, 6) is 0.855. The summed E-state index contributed by atoms with van der Waals surface area (Å²) in [5.41, 5.74) is 0.954. The van der Waals surface area contributed by atoms with Gasteiger partial charge in [-0.05, 0) is 24.1 Å². The molecule has 0 spiro atoms. The third-order valence-corrected chi connectivity index (χ3v) is 2.70. The first-order valence-corrected chi connectivity index (χ1v) is 6.05. The van der Waals surface area contributed by atoms with Crippen molar-refractivity contribution in [1.82, 2.24) is 10.6 Å². The van der Waals surface area contributed by atoms with Crippen LogP contribution in [0, 0.1) is 0 Å². The first-order chi connectivity index (χ1) is 8.31. The molecule has 1 aromatic rings. The summed E-state index contributed by atoms with van der Waals surface area (Å²) in [7, 11) is 0. The molecule has 0 bridgehead atoms. The normalized spacial score (nSPS) is 19.8. The third-order valence-electron chi connectivity index (χ3n) is 2.70. The second-order valence-corrected chi connectivity index (χ2v) is 4.10. The quantitative estimate of drug-likeness (QED) is 0.824. The van der Waals surface area contributed by atoms with Gasteiger partial charge in [-0.15, -0.1) is 0 Å². The number of piperazine rings is 1. The molecule has 1 aromatic carbocycles. The monoisotopic (exact) mass is 234 g/mol. The number of nitrogens with one attached hydrogen (secondary N) is 2. The van der Waals surface area contributed by atoms with Gasteiger partial charge in [0.05, 0.1) is 6.61 Å². The highest BCUT2D eigenvalue weighted by atomic mass is 16.5. The SMILES string of the molecule is CCCOc1cccc(C2NCCNC2=O)c1. The minimum Gasteiger partial charge on any atom is -0.494 e. The van der Waals surface area contributed by atoms with Crippen LogP contribution in [-0.4, -0.2) is 25.6 Å². The Balaban J connectivity index is 2.11. The number of carbonyl (C=O) groups is 1. The highest BCUT2D eigenvalue weighted by Gasteiger charge is 2.23. The van der Waals surface area contributed by atoms with E-state index in [1.807, 2.05) is 24.3 Å². The Kier molecular flexibility index (Phi) is 3.98. The van der Waals surface area contributed by atoms with E-state index in [1.165, 1.54) is 0 Å². The average molecular weight is 234 g/mol. The largest absolute Gasteiger partial charge is 0.494 e. The van der Waals surface area contributed by atoms with E-state index < -0.39 is 0 Å². The van der Waals surface area contributed by atoms with Crippen LogP contribution in [0.5, 0.6) is 5.75 Å². The zero-order chi connectivity index (χ0) is 12.1. The molecule has 0 aromatic heterocycles. The van der Waals surface area contributed by atoms with Gasteiger partial charge in [-0.1, -0.05) is 19.1 Å². The predicted octanol–water partition coefficient (Wildman–Crippen LogP) is 1.24. The summed E-state index contributed by atoms with van der Waals surface area (Å²) in [6.07, 6.45) is 0.979. The molecular weight excluding hydrogens is 216 g/mol. The van der Waals surface area contributed by atoms with Crippen molar-refractivity contribution < 1.29 is 9.53 Å². The van der Waals surface area contributed by atoms with E-state index in [1.54, 1.807) is 0 Å². The van der Waals surface area contributed by atoms with Gasteiger partial charge in [0, 0.05) is 13.1 Å². The van der Waals surface area contributed by atoms with Crippen molar-refractivity contribution in [2.24, 2.45) is 0 Å². The minimum absolute atomic E-state index is 0.0314. The second-order valence-electron chi connectivity index (χ2n) is 4.10. The Morgan fingerprint density at radius 1 is 1.41 bits per heavy atom. The van der Waals surface area contributed by atoms with Crippen LogP contribution in [0.15, 0.2) is 24.3 Å². The number of amides is 1. The zero-order valence-electron chi connectivity index (χ0n) is 10.0. The second kappa shape index (κ2) is 5.68. The lowest BCUT2D eigenvalue weighted by atomic mass is 10.0. The predicted molar refractivity (Wildman–Crippen MR) is 66.0 cm³/mol. The van der Waals surface area contributed by atoms with E-state index in [0.717, 1.165) is 24.3 Å². The lowest BCUT2D eigenvalue weighted by molar-refractivity contribution is -0.124. The lowest BCUT2D eigenvalue weighted by Gasteiger charge is -2.24. The van der Waals surface area contributed by atoms with Crippen LogP contribution < -0.4 is 15.4 Å². The molecule has 4 heteroatoms. The molecule has 4 nitrogen and oxygen atoms in total. The molecule has 0 saturated carbocycles. The van der Waals surface area contributed by atoms with Crippen molar-refractivity contribution in [3.05, 3.63) is 29.8 Å². The molecule has 1 atom stereocenters. The Labute approximate surface area is 101 Å². The van der Waals surface area contributed by atoms with Crippen molar-refractivity contribution in [2.75, 3.05) is 19.7 Å². The van der Waals surface area contributed by atoms with Crippen LogP contribution in [0.1, 0.15) is 24.9 Å². The first-order valence-electron chi connectivity index (χ1n) is 6.05. The van der Waals surface area contributed by atoms with Gasteiger partial charge >= 0.3 is 0 Å². The molecule has 1 saturated heterocycles. The van der Waals surface area contributed by atoms with Crippen LogP contribution in [-0.2, 0) is 4.79 Å². The molecule has 0 radical (unpaired) electrons. The minimum atomic E-state index is -0.256. The summed E-state index contributed by atoms with van der Waals surface area (Å²) in [6.45, 7) is 4.27. The van der Waals surface area contributed by atoms with Crippen molar-refractivity contribution in [1.29, 1.82) is 0 Å². The van der Waals surface area contributed by atoms with Crippen molar-refractivity contribution in [2.45, 2.75) is 19.4 Å². The van der Waals surface area contributed by atoms with Gasteiger partial charge in [0.1, 0.15) is 11.8 Å². The highest BCUT2D eigenvalue weighted by molar-refractivity contribution is 5.84. The van der Waals surface area contributed by atoms with Gasteiger partial charge in [0.15, 0.2) is 0 Å². The summed E-state index contributed by atoms with van der Waals surface area (Å²) in [5, 5.41) is 6.05. The Morgan fingerprint density at radius 2 is 2.29 bits per heavy atom. The van der Waals surface area contributed by atoms with E-state index in [0.29, 0.717) is 13.2 Å². The molecule has 2 N–H and O–H groups in total. The number of benzene rings is 1. The molecule has 2 rings (SSSR count). The molecule has 1 aliphatic heterocycles. The Morgan fingerprint density at radius 3 is 3.06 bits per heavy atom. The molecule has 17 heavy (non-hydrogen) atoms. The Bertz CT molecular complexity index is 393. The third kappa shape index (κ3) is 2.97. The zero-order valence-corrected chi connectivity index (χ0v) is 10.0. The van der Waals surface area contributed by atoms with Crippen LogP contribution in [0.2, 0.25) is 0 Å². The maximum atomic E-state index is 11.7. The van der Waals surface area contributed by atoms with E-state index >= 15 is 0 Å². The van der Waals surface area contributed by atoms with Gasteiger partial charge in [-0.25, -0.2) is 0 Å². The number of hydrogen-bond donors (Lipinski definition) is 2. The highest BCUT2D eigenvalue weighted by Crippen LogP contribution is 2.20. The molecule has 1 fully saturated rings. The van der Waals surface area contributed by atoms with Crippen molar-refractivity contribution in [3.63, 3.8) is 0 Å². The topological polar surface area (TPSA) is 50.4 Å². The fourth-order valence-corrected chi connectivity index (χ4v) is 1.87. The number of ether oxygens (including phenoxy) is 1. The van der Waals surface area contributed by atoms with Gasteiger partial charge in [-0.2, -0.15) is 0 Å². The van der Waals surface area contributed by atoms with Crippen LogP contribution >= 0.6 is 0 Å². The van der Waals surface area contributed by atoms with Crippen LogP contribution in [0.4, 0.5) is 0 Å². The van der Waals surface area contributed by atoms with Gasteiger partial charge in [0.2, 0.25) is 5.91 Å². The fraction of sp³-hybridized carbons (Fsp3) is 0.462. The molecule has 1 unspecified atom stereocenters. The molecule has 1 heterocycles. The van der Waals surface area contributed by atoms with Gasteiger partial charge in [-0.3, -0.25) is 4.79 Å². The molecule has 0 aliphatic carbocycles. The van der Waals surface area contributed by atoms with E-state index in [2.05, 4.69) is 17.6 Å². The molecule has 92 valence electrons. The van der Waals surface area contributed by atoms with Crippen molar-refractivity contribution in [3.8, 4) is 5.75 Å². The summed E-state index contributed by atoms with van der Waals surface area (Å²) < 4.78 is 5.56. The standard InChI is InChI=1S/C13H18N2O2/c1-2-8-17-11-5-3-4-10(9-11)12-13(16)15-7-6-14-12/h3-5,9,12,14H,2,6-8H2,1H3,(H,15,16). The summed E-state index contributed by atoms with van der Waals surface area (Å²) in [4.78, 5) is 11.7. The summed E-state index contributed by atoms with van der Waals surface area (Å²) >= 11 is 0. The fourth-order valence-electron chi connectivity index (χ4n) is 1.87. The smallest absolute Gasteiger partial charge is 0.241 e. The summed E-state index contributed by atoms with van der Waals surface area (Å²) in [6, 6.07) is 7.46.